The van der Waals surface area contributed by atoms with E-state index in [1.807, 2.05) is 0 Å². The molecule has 0 aliphatic heterocycles. The summed E-state index contributed by atoms with van der Waals surface area (Å²) in [6.07, 6.45) is 1.12. The van der Waals surface area contributed by atoms with Gasteiger partial charge < -0.3 is 5.32 Å². The SMILES string of the molecule is CS(=O)(=O)CCNC(=O)c1cccc(Cl)c1. The maximum atomic E-state index is 11.5. The first kappa shape index (κ1) is 13.0. The molecule has 0 saturated carbocycles. The van der Waals surface area contributed by atoms with Crippen molar-refractivity contribution in [2.45, 2.75) is 0 Å². The molecular weight excluding hydrogens is 250 g/mol. The lowest BCUT2D eigenvalue weighted by Gasteiger charge is -2.04. The van der Waals surface area contributed by atoms with E-state index < -0.39 is 9.84 Å². The van der Waals surface area contributed by atoms with Crippen molar-refractivity contribution in [3.63, 3.8) is 0 Å². The van der Waals surface area contributed by atoms with Crippen molar-refractivity contribution in [3.8, 4) is 0 Å². The first-order valence-corrected chi connectivity index (χ1v) is 7.04. The van der Waals surface area contributed by atoms with Gasteiger partial charge in [0.25, 0.3) is 5.91 Å². The van der Waals surface area contributed by atoms with Gasteiger partial charge in [-0.2, -0.15) is 0 Å². The molecule has 16 heavy (non-hydrogen) atoms. The van der Waals surface area contributed by atoms with E-state index >= 15 is 0 Å². The summed E-state index contributed by atoms with van der Waals surface area (Å²) < 4.78 is 21.7. The van der Waals surface area contributed by atoms with Crippen LogP contribution in [0.25, 0.3) is 0 Å². The van der Waals surface area contributed by atoms with Gasteiger partial charge in [-0.3, -0.25) is 4.79 Å². The maximum Gasteiger partial charge on any atom is 0.251 e. The summed E-state index contributed by atoms with van der Waals surface area (Å²) in [6.45, 7) is 0.101. The quantitative estimate of drug-likeness (QED) is 0.883. The minimum atomic E-state index is -3.05. The lowest BCUT2D eigenvalue weighted by Crippen LogP contribution is -2.28. The normalized spacial score (nSPS) is 11.1. The third kappa shape index (κ3) is 4.63. The Morgan fingerprint density at radius 2 is 2.12 bits per heavy atom. The van der Waals surface area contributed by atoms with Crippen LogP contribution in [0, 0.1) is 0 Å². The molecule has 1 amide bonds. The van der Waals surface area contributed by atoms with Crippen LogP contribution in [0.4, 0.5) is 0 Å². The van der Waals surface area contributed by atoms with E-state index in [0.717, 1.165) is 6.26 Å². The summed E-state index contributed by atoms with van der Waals surface area (Å²) >= 11 is 5.72. The van der Waals surface area contributed by atoms with Gasteiger partial charge in [0, 0.05) is 23.4 Å². The van der Waals surface area contributed by atoms with Crippen molar-refractivity contribution in [1.82, 2.24) is 5.32 Å². The molecule has 0 atom stereocenters. The van der Waals surface area contributed by atoms with Gasteiger partial charge in [0.1, 0.15) is 9.84 Å². The Kier molecular flexibility index (Phi) is 4.32. The van der Waals surface area contributed by atoms with Crippen LogP contribution in [0.1, 0.15) is 10.4 Å². The number of halogens is 1. The molecule has 1 N–H and O–H groups in total. The van der Waals surface area contributed by atoms with Crippen LogP contribution in [-0.2, 0) is 9.84 Å². The van der Waals surface area contributed by atoms with Crippen molar-refractivity contribution < 1.29 is 13.2 Å². The molecular formula is C10H12ClNO3S. The van der Waals surface area contributed by atoms with Gasteiger partial charge in [-0.1, -0.05) is 17.7 Å². The molecule has 0 bridgehead atoms. The molecule has 1 aromatic carbocycles. The zero-order valence-corrected chi connectivity index (χ0v) is 10.3. The van der Waals surface area contributed by atoms with Crippen LogP contribution < -0.4 is 5.32 Å². The number of benzene rings is 1. The number of nitrogens with one attached hydrogen (secondary N) is 1. The van der Waals surface area contributed by atoms with Crippen molar-refractivity contribution >= 4 is 27.3 Å². The van der Waals surface area contributed by atoms with Crippen molar-refractivity contribution in [3.05, 3.63) is 34.9 Å². The minimum absolute atomic E-state index is 0.0701. The van der Waals surface area contributed by atoms with Gasteiger partial charge in [-0.15, -0.1) is 0 Å². The number of hydrogen-bond donors (Lipinski definition) is 1. The summed E-state index contributed by atoms with van der Waals surface area (Å²) in [5, 5.41) is 2.97. The molecule has 0 radical (unpaired) electrons. The molecule has 0 fully saturated rings. The first-order valence-electron chi connectivity index (χ1n) is 4.60. The van der Waals surface area contributed by atoms with Crippen LogP contribution in [0.2, 0.25) is 5.02 Å². The monoisotopic (exact) mass is 261 g/mol. The number of rotatable bonds is 4. The molecule has 88 valence electrons. The summed E-state index contributed by atoms with van der Waals surface area (Å²) in [6, 6.07) is 6.46. The molecule has 0 heterocycles. The van der Waals surface area contributed by atoms with Crippen LogP contribution in [-0.4, -0.2) is 32.9 Å². The number of hydrogen-bond acceptors (Lipinski definition) is 3. The zero-order chi connectivity index (χ0) is 12.2. The maximum absolute atomic E-state index is 11.5. The Bertz CT molecular complexity index is 485. The highest BCUT2D eigenvalue weighted by Gasteiger charge is 2.07. The molecule has 1 aromatic rings. The zero-order valence-electron chi connectivity index (χ0n) is 8.73. The van der Waals surface area contributed by atoms with Gasteiger partial charge >= 0.3 is 0 Å². The average molecular weight is 262 g/mol. The van der Waals surface area contributed by atoms with Crippen molar-refractivity contribution in [2.24, 2.45) is 0 Å². The molecule has 1 rings (SSSR count). The van der Waals surface area contributed by atoms with E-state index in [2.05, 4.69) is 5.32 Å². The summed E-state index contributed by atoms with van der Waals surface area (Å²) in [7, 11) is -3.05. The van der Waals surface area contributed by atoms with Crippen molar-refractivity contribution in [2.75, 3.05) is 18.6 Å². The lowest BCUT2D eigenvalue weighted by molar-refractivity contribution is 0.0956. The second-order valence-electron chi connectivity index (χ2n) is 3.40. The van der Waals surface area contributed by atoms with Crippen LogP contribution in [0.15, 0.2) is 24.3 Å². The van der Waals surface area contributed by atoms with Gasteiger partial charge in [-0.25, -0.2) is 8.42 Å². The third-order valence-corrected chi connectivity index (χ3v) is 3.03. The Morgan fingerprint density at radius 3 is 2.69 bits per heavy atom. The van der Waals surface area contributed by atoms with Crippen LogP contribution in [0.3, 0.4) is 0 Å². The molecule has 0 saturated heterocycles. The van der Waals surface area contributed by atoms with Crippen LogP contribution >= 0.6 is 11.6 Å². The van der Waals surface area contributed by atoms with Gasteiger partial charge in [0.15, 0.2) is 0 Å². The molecule has 0 spiro atoms. The highest BCUT2D eigenvalue weighted by Crippen LogP contribution is 2.10. The fourth-order valence-corrected chi connectivity index (χ4v) is 1.74. The summed E-state index contributed by atoms with van der Waals surface area (Å²) in [5.41, 5.74) is 0.418. The highest BCUT2D eigenvalue weighted by atomic mass is 35.5. The molecule has 6 heteroatoms. The Labute approximate surface area is 99.5 Å². The summed E-state index contributed by atoms with van der Waals surface area (Å²) in [5.74, 6) is -0.398. The number of sulfone groups is 1. The Hall–Kier alpha value is -1.07. The standard InChI is InChI=1S/C10H12ClNO3S/c1-16(14,15)6-5-12-10(13)8-3-2-4-9(11)7-8/h2-4,7H,5-6H2,1H3,(H,12,13). The largest absolute Gasteiger partial charge is 0.351 e. The van der Waals surface area contributed by atoms with E-state index in [1.165, 1.54) is 6.07 Å². The molecule has 0 unspecified atom stereocenters. The third-order valence-electron chi connectivity index (χ3n) is 1.85. The smallest absolute Gasteiger partial charge is 0.251 e. The second-order valence-corrected chi connectivity index (χ2v) is 6.09. The van der Waals surface area contributed by atoms with Gasteiger partial charge in [0.2, 0.25) is 0 Å². The molecule has 0 aromatic heterocycles. The molecule has 0 aliphatic carbocycles. The molecule has 0 aliphatic rings. The predicted molar refractivity (Wildman–Crippen MR) is 63.5 cm³/mol. The Balaban J connectivity index is 2.54. The fourth-order valence-electron chi connectivity index (χ4n) is 1.08. The highest BCUT2D eigenvalue weighted by molar-refractivity contribution is 7.90. The van der Waals surface area contributed by atoms with E-state index in [9.17, 15) is 13.2 Å². The molecule has 4 nitrogen and oxygen atoms in total. The van der Waals surface area contributed by atoms with Gasteiger partial charge in [0.05, 0.1) is 5.75 Å². The Morgan fingerprint density at radius 1 is 1.44 bits per heavy atom. The first-order chi connectivity index (χ1) is 7.38. The second kappa shape index (κ2) is 5.32. The van der Waals surface area contributed by atoms with E-state index in [4.69, 9.17) is 11.6 Å². The lowest BCUT2D eigenvalue weighted by atomic mass is 10.2. The van der Waals surface area contributed by atoms with E-state index in [1.54, 1.807) is 18.2 Å². The van der Waals surface area contributed by atoms with E-state index in [0.29, 0.717) is 10.6 Å². The number of carbonyl (C=O) groups excluding carboxylic acids is 1. The van der Waals surface area contributed by atoms with Crippen LogP contribution in [0.5, 0.6) is 0 Å². The topological polar surface area (TPSA) is 63.2 Å². The number of amides is 1. The fraction of sp³-hybridized carbons (Fsp3) is 0.300. The van der Waals surface area contributed by atoms with Gasteiger partial charge in [-0.05, 0) is 18.2 Å². The summed E-state index contributed by atoms with van der Waals surface area (Å²) in [4.78, 5) is 11.5. The number of carbonyl (C=O) groups is 1. The minimum Gasteiger partial charge on any atom is -0.351 e. The van der Waals surface area contributed by atoms with Crippen molar-refractivity contribution in [1.29, 1.82) is 0 Å². The predicted octanol–water partition coefficient (Wildman–Crippen LogP) is 1.11. The van der Waals surface area contributed by atoms with E-state index in [-0.39, 0.29) is 18.2 Å². The average Bonchev–Trinajstić information content (AvgIpc) is 2.15.